The smallest absolute Gasteiger partial charge is 0.317 e. The number of aryl methyl sites for hydroxylation is 3. The molecule has 4 aliphatic heterocycles. The van der Waals surface area contributed by atoms with Crippen LogP contribution in [0.3, 0.4) is 0 Å². The number of rotatable bonds is 6. The number of anilines is 3. The minimum absolute atomic E-state index is 0.186. The Kier molecular flexibility index (Phi) is 6.87. The highest BCUT2D eigenvalue weighted by atomic mass is 32.1. The van der Waals surface area contributed by atoms with E-state index in [1.54, 1.807) is 6.92 Å². The first-order chi connectivity index (χ1) is 23.8. The molecular formula is C33H35FN12O2S. The predicted molar refractivity (Wildman–Crippen MR) is 178 cm³/mol. The molecular weight excluding hydrogens is 648 g/mol. The summed E-state index contributed by atoms with van der Waals surface area (Å²) in [4.78, 5) is 25.8. The van der Waals surface area contributed by atoms with Gasteiger partial charge in [-0.2, -0.15) is 25.3 Å². The third-order valence-electron chi connectivity index (χ3n) is 11.0. The zero-order valence-electron chi connectivity index (χ0n) is 27.2. The molecule has 1 aliphatic carbocycles. The van der Waals surface area contributed by atoms with E-state index in [1.807, 2.05) is 10.7 Å². The molecule has 4 aromatic rings. The van der Waals surface area contributed by atoms with E-state index in [-0.39, 0.29) is 23.6 Å². The van der Waals surface area contributed by atoms with Crippen molar-refractivity contribution in [2.75, 3.05) is 54.9 Å². The molecule has 16 heteroatoms. The van der Waals surface area contributed by atoms with E-state index in [1.165, 1.54) is 16.2 Å². The molecule has 49 heavy (non-hydrogen) atoms. The first-order valence-corrected chi connectivity index (χ1v) is 17.6. The van der Waals surface area contributed by atoms with Crippen molar-refractivity contribution in [3.8, 4) is 23.7 Å². The molecule has 9 rings (SSSR count). The summed E-state index contributed by atoms with van der Waals surface area (Å²) in [6.07, 6.45) is 4.02. The van der Waals surface area contributed by atoms with Gasteiger partial charge in [-0.15, -0.1) is 11.3 Å². The van der Waals surface area contributed by atoms with Crippen molar-refractivity contribution in [3.05, 3.63) is 45.0 Å². The Morgan fingerprint density at radius 2 is 2.02 bits per heavy atom. The van der Waals surface area contributed by atoms with Crippen molar-refractivity contribution in [3.63, 3.8) is 0 Å². The fourth-order valence-corrected chi connectivity index (χ4v) is 9.93. The second-order valence-corrected chi connectivity index (χ2v) is 15.2. The van der Waals surface area contributed by atoms with Gasteiger partial charge in [0.2, 0.25) is 0 Å². The highest BCUT2D eigenvalue weighted by Crippen LogP contribution is 2.54. The molecule has 3 fully saturated rings. The summed E-state index contributed by atoms with van der Waals surface area (Å²) in [5.74, 6) is 1.92. The molecule has 3 saturated heterocycles. The van der Waals surface area contributed by atoms with Crippen LogP contribution in [0.25, 0.3) is 16.4 Å². The average Bonchev–Trinajstić information content (AvgIpc) is 3.90. The summed E-state index contributed by atoms with van der Waals surface area (Å²) in [6.45, 7) is 14.7. The Labute approximate surface area is 286 Å². The monoisotopic (exact) mass is 682 g/mol. The molecule has 8 heterocycles. The van der Waals surface area contributed by atoms with Gasteiger partial charge in [0.05, 0.1) is 29.9 Å². The maximum Gasteiger partial charge on any atom is 0.317 e. The van der Waals surface area contributed by atoms with Crippen LogP contribution in [0.1, 0.15) is 59.6 Å². The summed E-state index contributed by atoms with van der Waals surface area (Å²) < 4.78 is 28.4. The lowest BCUT2D eigenvalue weighted by Gasteiger charge is -2.50. The molecule has 0 saturated carbocycles. The normalized spacial score (nSPS) is 23.9. The predicted octanol–water partition coefficient (Wildman–Crippen LogP) is 4.17. The maximum atomic E-state index is 14.6. The number of alkyl halides is 1. The second kappa shape index (κ2) is 11.1. The van der Waals surface area contributed by atoms with Crippen molar-refractivity contribution < 1.29 is 13.7 Å². The largest absolute Gasteiger partial charge is 0.461 e. The van der Waals surface area contributed by atoms with E-state index in [9.17, 15) is 9.65 Å². The Balaban J connectivity index is 1.07. The van der Waals surface area contributed by atoms with Gasteiger partial charge in [-0.25, -0.2) is 9.24 Å². The number of aromatic nitrogens is 6. The van der Waals surface area contributed by atoms with Crippen molar-refractivity contribution in [2.45, 2.75) is 75.7 Å². The summed E-state index contributed by atoms with van der Waals surface area (Å²) in [5.41, 5.74) is 9.22. The number of fused-ring (bicyclic) bond motifs is 4. The van der Waals surface area contributed by atoms with Gasteiger partial charge in [0, 0.05) is 49.4 Å². The minimum Gasteiger partial charge on any atom is -0.461 e. The Morgan fingerprint density at radius 3 is 2.80 bits per heavy atom. The van der Waals surface area contributed by atoms with Gasteiger partial charge in [0.1, 0.15) is 35.5 Å². The molecule has 252 valence electrons. The third kappa shape index (κ3) is 4.75. The molecule has 2 N–H and O–H groups in total. The van der Waals surface area contributed by atoms with Gasteiger partial charge in [-0.3, -0.25) is 9.58 Å². The van der Waals surface area contributed by atoms with Crippen molar-refractivity contribution in [1.29, 1.82) is 5.26 Å². The summed E-state index contributed by atoms with van der Waals surface area (Å²) in [6, 6.07) is 4.47. The lowest BCUT2D eigenvalue weighted by atomic mass is 9.74. The molecule has 4 aromatic heterocycles. The number of nitrogen functional groups attached to an aromatic ring is 1. The molecule has 0 radical (unpaired) electrons. The molecule has 1 spiro atoms. The van der Waals surface area contributed by atoms with Crippen LogP contribution in [0.15, 0.2) is 10.6 Å². The van der Waals surface area contributed by atoms with Crippen LogP contribution >= 0.6 is 11.3 Å². The van der Waals surface area contributed by atoms with E-state index >= 15 is 0 Å². The van der Waals surface area contributed by atoms with Crippen molar-refractivity contribution in [2.24, 2.45) is 0 Å². The number of ether oxygens (including phenoxy) is 1. The zero-order chi connectivity index (χ0) is 33.5. The van der Waals surface area contributed by atoms with Crippen LogP contribution < -0.4 is 20.3 Å². The van der Waals surface area contributed by atoms with Crippen molar-refractivity contribution >= 4 is 33.7 Å². The fourth-order valence-electron chi connectivity index (χ4n) is 8.79. The second-order valence-electron chi connectivity index (χ2n) is 14.0. The maximum absolute atomic E-state index is 14.6. The lowest BCUT2D eigenvalue weighted by molar-refractivity contribution is 0.107. The molecule has 0 aromatic carbocycles. The standard InChI is InChI=1S/C33H35FN12O2S/c1-19-38-30(48-42-19)23-11-21-15-43(8-4-10-46(21)41-23)28-26(37-2)29(40-31(39-28)47-18-33-6-3-9-45(33)14-20(34)12-33)44-16-32(17-44)7-5-24-25(32)22(13-35)27(36)49-24/h11,20H,3-10,12,14-18,36H2,1H3/t20-,33+/m1/s1. The topological polar surface area (TPSA) is 156 Å². The van der Waals surface area contributed by atoms with E-state index in [4.69, 9.17) is 36.6 Å². The Bertz CT molecular complexity index is 2050. The van der Waals surface area contributed by atoms with Crippen LogP contribution in [0.2, 0.25) is 0 Å². The summed E-state index contributed by atoms with van der Waals surface area (Å²) in [5, 5.41) is 19.2. The number of hydrogen-bond acceptors (Lipinski definition) is 13. The first-order valence-electron chi connectivity index (χ1n) is 16.8. The quantitative estimate of drug-likeness (QED) is 0.290. The number of hydrogen-bond donors (Lipinski definition) is 1. The van der Waals surface area contributed by atoms with Crippen LogP contribution in [-0.2, 0) is 24.9 Å². The van der Waals surface area contributed by atoms with Gasteiger partial charge in [-0.1, -0.05) is 5.16 Å². The molecule has 2 atom stereocenters. The average molecular weight is 683 g/mol. The highest BCUT2D eigenvalue weighted by Gasteiger charge is 2.53. The Hall–Kier alpha value is -4.80. The summed E-state index contributed by atoms with van der Waals surface area (Å²) >= 11 is 1.52. The summed E-state index contributed by atoms with van der Waals surface area (Å²) in [7, 11) is 0. The number of thiophene rings is 1. The molecule has 0 amide bonds. The molecule has 5 aliphatic rings. The van der Waals surface area contributed by atoms with E-state index in [0.29, 0.717) is 91.0 Å². The van der Waals surface area contributed by atoms with Gasteiger partial charge >= 0.3 is 6.01 Å². The minimum atomic E-state index is -0.874. The van der Waals surface area contributed by atoms with Crippen LogP contribution in [0.5, 0.6) is 6.01 Å². The van der Waals surface area contributed by atoms with Gasteiger partial charge in [0.15, 0.2) is 11.5 Å². The van der Waals surface area contributed by atoms with Gasteiger partial charge in [-0.05, 0) is 57.2 Å². The third-order valence-corrected chi connectivity index (χ3v) is 12.1. The van der Waals surface area contributed by atoms with Crippen molar-refractivity contribution in [1.82, 2.24) is 34.8 Å². The highest BCUT2D eigenvalue weighted by molar-refractivity contribution is 7.16. The van der Waals surface area contributed by atoms with Crippen LogP contribution in [-0.4, -0.2) is 85.8 Å². The van der Waals surface area contributed by atoms with E-state index in [2.05, 4.69) is 35.8 Å². The first kappa shape index (κ1) is 30.3. The number of halogens is 1. The molecule has 0 unspecified atom stereocenters. The van der Waals surface area contributed by atoms with Gasteiger partial charge < -0.3 is 24.8 Å². The van der Waals surface area contributed by atoms with E-state index < -0.39 is 6.17 Å². The Morgan fingerprint density at radius 1 is 1.18 bits per heavy atom. The molecule has 14 nitrogen and oxygen atoms in total. The molecule has 0 bridgehead atoms. The number of nitriles is 1. The lowest BCUT2D eigenvalue weighted by Crippen LogP contribution is -2.59. The number of nitrogens with two attached hydrogens (primary N) is 1. The van der Waals surface area contributed by atoms with E-state index in [0.717, 1.165) is 49.9 Å². The van der Waals surface area contributed by atoms with Gasteiger partial charge in [0.25, 0.3) is 11.6 Å². The van der Waals surface area contributed by atoms with Crippen LogP contribution in [0.4, 0.5) is 26.7 Å². The fraction of sp³-hybridized carbons (Fsp3) is 0.545. The number of nitrogens with zero attached hydrogens (tertiary/aromatic N) is 11. The zero-order valence-corrected chi connectivity index (χ0v) is 28.0. The van der Waals surface area contributed by atoms with Crippen LogP contribution in [0, 0.1) is 24.8 Å². The SMILES string of the molecule is [C-]#[N+]c1c(N2CCCn3nc(-c4nc(C)no4)cc3C2)nc(OC[C@@]23CCCN2C[C@H](F)C3)nc1N1CC2(CCc3sc(N)c(C#N)c32)C1.